The van der Waals surface area contributed by atoms with Gasteiger partial charge in [-0.25, -0.2) is 0 Å². The van der Waals surface area contributed by atoms with E-state index in [9.17, 15) is 10.1 Å². The Labute approximate surface area is 181 Å². The molecule has 0 bridgehead atoms. The van der Waals surface area contributed by atoms with E-state index in [1.165, 1.54) is 20.2 Å². The largest absolute Gasteiger partial charge is 0.286 e. The number of hydrogen-bond acceptors (Lipinski definition) is 5. The van der Waals surface area contributed by atoms with Crippen molar-refractivity contribution < 1.29 is 4.79 Å². The van der Waals surface area contributed by atoms with Gasteiger partial charge >= 0.3 is 0 Å². The van der Waals surface area contributed by atoms with E-state index in [2.05, 4.69) is 50.8 Å². The molecule has 7 heteroatoms. The summed E-state index contributed by atoms with van der Waals surface area (Å²) in [5.41, 5.74) is 4.47. The van der Waals surface area contributed by atoms with Crippen LogP contribution in [0.15, 0.2) is 29.8 Å². The summed E-state index contributed by atoms with van der Waals surface area (Å²) in [5, 5.41) is 10.3. The second-order valence-electron chi connectivity index (χ2n) is 6.69. The molecule has 0 unspecified atom stereocenters. The van der Waals surface area contributed by atoms with E-state index >= 15 is 0 Å². The van der Waals surface area contributed by atoms with Crippen molar-refractivity contribution in [1.82, 2.24) is 8.28 Å². The van der Waals surface area contributed by atoms with Crippen molar-refractivity contribution in [2.24, 2.45) is 0 Å². The van der Waals surface area contributed by atoms with Gasteiger partial charge < -0.3 is 0 Å². The molecule has 1 saturated heterocycles. The zero-order valence-electron chi connectivity index (χ0n) is 15.7. The molecule has 1 fully saturated rings. The number of rotatable bonds is 5. The number of piperidine rings is 1. The molecule has 3 rings (SSSR count). The number of ketones is 1. The summed E-state index contributed by atoms with van der Waals surface area (Å²) in [6, 6.07) is 8.37. The third kappa shape index (κ3) is 4.09. The van der Waals surface area contributed by atoms with Crippen LogP contribution in [0.1, 0.15) is 47.3 Å². The van der Waals surface area contributed by atoms with Gasteiger partial charge in [-0.3, -0.25) is 13.1 Å². The van der Waals surface area contributed by atoms with Gasteiger partial charge in [-0.2, -0.15) is 5.26 Å². The first kappa shape index (κ1) is 20.8. The zero-order chi connectivity index (χ0) is 19.6. The minimum atomic E-state index is -0.215. The Bertz CT molecular complexity index is 937. The van der Waals surface area contributed by atoms with Gasteiger partial charge in [0, 0.05) is 48.8 Å². The number of halogens is 1. The highest BCUT2D eigenvalue weighted by atomic mass is 127. The van der Waals surface area contributed by atoms with Crippen molar-refractivity contribution in [1.29, 1.82) is 5.26 Å². The van der Waals surface area contributed by atoms with Crippen LogP contribution < -0.4 is 0 Å². The number of aryl methyl sites for hydroxylation is 1. The molecule has 1 aromatic heterocycles. The van der Waals surface area contributed by atoms with Crippen LogP contribution in [0.3, 0.4) is 0 Å². The standard InChI is InChI=1S/C20H22IN3OS2/c1-4-14(12-22)20(25)19-10-16-9-13(2)17(11-18(16)24(19)27-21)15-5-7-23(26-3)8-6-15/h4,9-11,15H,5-8H2,1-3H3/b14-4+. The predicted molar refractivity (Wildman–Crippen MR) is 124 cm³/mol. The summed E-state index contributed by atoms with van der Waals surface area (Å²) < 4.78 is 4.38. The molecule has 0 atom stereocenters. The molecule has 2 heterocycles. The summed E-state index contributed by atoms with van der Waals surface area (Å²) in [6.07, 6.45) is 6.04. The maximum absolute atomic E-state index is 12.8. The molecule has 0 radical (unpaired) electrons. The van der Waals surface area contributed by atoms with Crippen LogP contribution in [0.4, 0.5) is 0 Å². The fourth-order valence-corrected chi connectivity index (χ4v) is 6.06. The van der Waals surface area contributed by atoms with E-state index in [1.54, 1.807) is 13.0 Å². The lowest BCUT2D eigenvalue weighted by atomic mass is 9.87. The first-order chi connectivity index (χ1) is 13.0. The van der Waals surface area contributed by atoms with Gasteiger partial charge in [0.15, 0.2) is 0 Å². The van der Waals surface area contributed by atoms with Crippen molar-refractivity contribution in [3.63, 3.8) is 0 Å². The lowest BCUT2D eigenvalue weighted by Crippen LogP contribution is -2.27. The highest BCUT2D eigenvalue weighted by Crippen LogP contribution is 2.37. The Hall–Kier alpha value is -0.950. The van der Waals surface area contributed by atoms with Crippen LogP contribution >= 0.6 is 42.3 Å². The number of aromatic nitrogens is 1. The van der Waals surface area contributed by atoms with Gasteiger partial charge in [0.2, 0.25) is 5.78 Å². The summed E-state index contributed by atoms with van der Waals surface area (Å²) in [7, 11) is 1.48. The average molecular weight is 511 g/mol. The van der Waals surface area contributed by atoms with Crippen LogP contribution in [0, 0.1) is 18.3 Å². The van der Waals surface area contributed by atoms with E-state index in [0.29, 0.717) is 11.6 Å². The molecule has 4 nitrogen and oxygen atoms in total. The highest BCUT2D eigenvalue weighted by molar-refractivity contribution is 14.2. The molecule has 0 N–H and O–H groups in total. The van der Waals surface area contributed by atoms with Crippen molar-refractivity contribution in [2.45, 2.75) is 32.6 Å². The molecule has 2 aromatic rings. The first-order valence-electron chi connectivity index (χ1n) is 8.89. The topological polar surface area (TPSA) is 49.0 Å². The van der Waals surface area contributed by atoms with Gasteiger partial charge in [0.25, 0.3) is 0 Å². The fraction of sp³-hybridized carbons (Fsp3) is 0.400. The highest BCUT2D eigenvalue weighted by Gasteiger charge is 2.24. The number of benzene rings is 1. The maximum Gasteiger partial charge on any atom is 0.220 e. The quantitative estimate of drug-likeness (QED) is 0.164. The summed E-state index contributed by atoms with van der Waals surface area (Å²) >= 11 is 4.03. The molecule has 27 heavy (non-hydrogen) atoms. The molecule has 1 aliphatic rings. The number of nitrogens with zero attached hydrogens (tertiary/aromatic N) is 3. The monoisotopic (exact) mass is 511 g/mol. The first-order valence-corrected chi connectivity index (χ1v) is 13.4. The van der Waals surface area contributed by atoms with E-state index in [1.807, 2.05) is 28.1 Å². The molecule has 0 aliphatic carbocycles. The number of carbonyl (C=O) groups is 1. The Morgan fingerprint density at radius 2 is 2.04 bits per heavy atom. The van der Waals surface area contributed by atoms with Crippen molar-refractivity contribution in [2.75, 3.05) is 19.3 Å². The average Bonchev–Trinajstić information content (AvgIpc) is 3.05. The maximum atomic E-state index is 12.8. The molecular weight excluding hydrogens is 489 g/mol. The normalized spacial score (nSPS) is 16.6. The SMILES string of the molecule is C/C=C(\C#N)C(=O)c1cc2cc(C)c(C3CCN(SC)CC3)cc2n1SI. The van der Waals surface area contributed by atoms with E-state index in [4.69, 9.17) is 0 Å². The third-order valence-corrected chi connectivity index (χ3v) is 7.85. The van der Waals surface area contributed by atoms with Crippen LogP contribution in [0.2, 0.25) is 0 Å². The minimum Gasteiger partial charge on any atom is -0.286 e. The van der Waals surface area contributed by atoms with Gasteiger partial charge in [-0.1, -0.05) is 18.0 Å². The number of fused-ring (bicyclic) bond motifs is 1. The summed E-state index contributed by atoms with van der Waals surface area (Å²) in [5.74, 6) is 0.345. The van der Waals surface area contributed by atoms with Crippen LogP contribution in [-0.4, -0.2) is 33.4 Å². The van der Waals surface area contributed by atoms with E-state index < -0.39 is 0 Å². The molecular formula is C20H22IN3OS2. The van der Waals surface area contributed by atoms with Gasteiger partial charge in [0.1, 0.15) is 11.8 Å². The number of allylic oxidation sites excluding steroid dienone is 2. The van der Waals surface area contributed by atoms with Crippen molar-refractivity contribution in [3.05, 3.63) is 46.7 Å². The van der Waals surface area contributed by atoms with E-state index in [-0.39, 0.29) is 11.4 Å². The number of hydrogen-bond donors (Lipinski definition) is 0. The molecule has 142 valence electrons. The summed E-state index contributed by atoms with van der Waals surface area (Å²) in [4.78, 5) is 12.8. The van der Waals surface area contributed by atoms with Crippen molar-refractivity contribution in [3.8, 4) is 6.07 Å². The number of nitriles is 1. The van der Waals surface area contributed by atoms with Crippen molar-refractivity contribution >= 4 is 59.0 Å². The van der Waals surface area contributed by atoms with Crippen LogP contribution in [0.25, 0.3) is 10.9 Å². The fourth-order valence-electron chi connectivity index (χ4n) is 3.77. The molecule has 1 aromatic carbocycles. The van der Waals surface area contributed by atoms with Gasteiger partial charge in [0.05, 0.1) is 11.1 Å². The predicted octanol–water partition coefficient (Wildman–Crippen LogP) is 5.91. The van der Waals surface area contributed by atoms with Gasteiger partial charge in [-0.05, 0) is 68.2 Å². The van der Waals surface area contributed by atoms with Gasteiger partial charge in [-0.15, -0.1) is 0 Å². The van der Waals surface area contributed by atoms with E-state index in [0.717, 1.165) is 36.8 Å². The smallest absolute Gasteiger partial charge is 0.220 e. The second kappa shape index (κ2) is 9.03. The molecule has 0 amide bonds. The lowest BCUT2D eigenvalue weighted by molar-refractivity contribution is 0.103. The molecule has 1 aliphatic heterocycles. The number of carbonyl (C=O) groups excluding carboxylic acids is 1. The lowest BCUT2D eigenvalue weighted by Gasteiger charge is -2.31. The number of Topliss-reactive ketones (excluding diaryl/α,β-unsaturated/α-hetero) is 1. The Morgan fingerprint density at radius 1 is 1.33 bits per heavy atom. The second-order valence-corrected chi connectivity index (χ2v) is 9.26. The molecule has 0 saturated carbocycles. The van der Waals surface area contributed by atoms with Crippen LogP contribution in [0.5, 0.6) is 0 Å². The Kier molecular flexibility index (Phi) is 6.95. The third-order valence-electron chi connectivity index (χ3n) is 5.25. The minimum absolute atomic E-state index is 0.186. The zero-order valence-corrected chi connectivity index (χ0v) is 19.5. The van der Waals surface area contributed by atoms with Crippen LogP contribution in [-0.2, 0) is 0 Å². The Balaban J connectivity index is 2.04. The summed E-state index contributed by atoms with van der Waals surface area (Å²) in [6.45, 7) is 6.12. The Morgan fingerprint density at radius 3 is 2.59 bits per heavy atom. The molecule has 0 spiro atoms.